The monoisotopic (exact) mass is 311 g/mol. The zero-order valence-electron chi connectivity index (χ0n) is 12.1. The van der Waals surface area contributed by atoms with Gasteiger partial charge in [0, 0.05) is 25.2 Å². The van der Waals surface area contributed by atoms with E-state index in [1.165, 1.54) is 0 Å². The molecule has 1 heterocycles. The van der Waals surface area contributed by atoms with Crippen LogP contribution in [-0.2, 0) is 16.1 Å². The maximum atomic E-state index is 12.2. The van der Waals surface area contributed by atoms with Gasteiger partial charge in [-0.3, -0.25) is 9.59 Å². The van der Waals surface area contributed by atoms with Crippen LogP contribution in [-0.4, -0.2) is 24.9 Å². The Morgan fingerprint density at radius 1 is 1.38 bits per heavy atom. The second-order valence-electron chi connectivity index (χ2n) is 4.97. The SMILES string of the molecule is CCNCc1ccccc1NC(=O)C1CCC(=O)NC1.Cl. The van der Waals surface area contributed by atoms with E-state index in [0.29, 0.717) is 19.4 Å². The lowest BCUT2D eigenvalue weighted by Gasteiger charge is -2.22. The van der Waals surface area contributed by atoms with E-state index < -0.39 is 0 Å². The van der Waals surface area contributed by atoms with E-state index in [-0.39, 0.29) is 30.1 Å². The molecule has 116 valence electrons. The molecule has 2 rings (SSSR count). The maximum Gasteiger partial charge on any atom is 0.229 e. The van der Waals surface area contributed by atoms with Crippen molar-refractivity contribution in [3.8, 4) is 0 Å². The van der Waals surface area contributed by atoms with Gasteiger partial charge in [0.15, 0.2) is 0 Å². The molecule has 2 amide bonds. The summed E-state index contributed by atoms with van der Waals surface area (Å²) in [6, 6.07) is 7.78. The first kappa shape index (κ1) is 17.5. The molecule has 1 fully saturated rings. The summed E-state index contributed by atoms with van der Waals surface area (Å²) in [5.41, 5.74) is 1.91. The van der Waals surface area contributed by atoms with Gasteiger partial charge < -0.3 is 16.0 Å². The van der Waals surface area contributed by atoms with Crippen LogP contribution in [0.25, 0.3) is 0 Å². The van der Waals surface area contributed by atoms with Crippen molar-refractivity contribution < 1.29 is 9.59 Å². The molecule has 0 aromatic heterocycles. The van der Waals surface area contributed by atoms with Gasteiger partial charge in [-0.2, -0.15) is 0 Å². The van der Waals surface area contributed by atoms with Crippen LogP contribution in [0.2, 0.25) is 0 Å². The molecule has 1 aromatic rings. The average Bonchev–Trinajstić information content (AvgIpc) is 2.47. The van der Waals surface area contributed by atoms with Gasteiger partial charge in [-0.1, -0.05) is 25.1 Å². The molecule has 0 radical (unpaired) electrons. The zero-order chi connectivity index (χ0) is 14.4. The normalized spacial score (nSPS) is 17.6. The molecule has 1 aliphatic rings. The van der Waals surface area contributed by atoms with Crippen molar-refractivity contribution in [2.45, 2.75) is 26.3 Å². The van der Waals surface area contributed by atoms with Crippen LogP contribution in [0.15, 0.2) is 24.3 Å². The molecule has 1 atom stereocenters. The van der Waals surface area contributed by atoms with Crippen LogP contribution in [0.3, 0.4) is 0 Å². The second kappa shape index (κ2) is 8.64. The fraction of sp³-hybridized carbons (Fsp3) is 0.467. The minimum Gasteiger partial charge on any atom is -0.355 e. The average molecular weight is 312 g/mol. The first-order valence-electron chi connectivity index (χ1n) is 7.07. The Hall–Kier alpha value is -1.59. The third kappa shape index (κ3) is 5.02. The summed E-state index contributed by atoms with van der Waals surface area (Å²) in [5, 5.41) is 8.96. The molecule has 1 saturated heterocycles. The molecule has 1 unspecified atom stereocenters. The highest BCUT2D eigenvalue weighted by atomic mass is 35.5. The third-order valence-electron chi connectivity index (χ3n) is 3.48. The largest absolute Gasteiger partial charge is 0.355 e. The van der Waals surface area contributed by atoms with Crippen LogP contribution in [0.4, 0.5) is 5.69 Å². The summed E-state index contributed by atoms with van der Waals surface area (Å²) in [6.07, 6.45) is 1.05. The molecule has 0 bridgehead atoms. The number of nitrogens with one attached hydrogen (secondary N) is 3. The first-order chi connectivity index (χ1) is 9.70. The molecule has 3 N–H and O–H groups in total. The standard InChI is InChI=1S/C15H21N3O2.ClH/c1-2-16-9-11-5-3-4-6-13(11)18-15(20)12-7-8-14(19)17-10-12;/h3-6,12,16H,2,7-10H2,1H3,(H,17,19)(H,18,20);1H. The van der Waals surface area contributed by atoms with Crippen molar-refractivity contribution in [3.63, 3.8) is 0 Å². The molecule has 5 nitrogen and oxygen atoms in total. The third-order valence-corrected chi connectivity index (χ3v) is 3.48. The van der Waals surface area contributed by atoms with Crippen molar-refractivity contribution in [2.24, 2.45) is 5.92 Å². The molecule has 0 aliphatic carbocycles. The number of hydrogen-bond acceptors (Lipinski definition) is 3. The predicted octanol–water partition coefficient (Wildman–Crippen LogP) is 1.68. The van der Waals surface area contributed by atoms with Gasteiger partial charge in [-0.15, -0.1) is 12.4 Å². The molecular weight excluding hydrogens is 290 g/mol. The highest BCUT2D eigenvalue weighted by Gasteiger charge is 2.24. The Balaban J connectivity index is 0.00000220. The van der Waals surface area contributed by atoms with Gasteiger partial charge >= 0.3 is 0 Å². The molecule has 6 heteroatoms. The summed E-state index contributed by atoms with van der Waals surface area (Å²) in [6.45, 7) is 4.09. The van der Waals surface area contributed by atoms with Crippen molar-refractivity contribution in [3.05, 3.63) is 29.8 Å². The number of benzene rings is 1. The lowest BCUT2D eigenvalue weighted by atomic mass is 9.98. The number of halogens is 1. The van der Waals surface area contributed by atoms with E-state index in [4.69, 9.17) is 0 Å². The van der Waals surface area contributed by atoms with E-state index in [0.717, 1.165) is 24.3 Å². The number of carbonyl (C=O) groups is 2. The number of piperidine rings is 1. The van der Waals surface area contributed by atoms with Crippen LogP contribution < -0.4 is 16.0 Å². The minimum atomic E-state index is -0.139. The molecular formula is C15H22ClN3O2. The Bertz CT molecular complexity index is 484. The van der Waals surface area contributed by atoms with Gasteiger partial charge in [0.2, 0.25) is 11.8 Å². The summed E-state index contributed by atoms with van der Waals surface area (Å²) in [5.74, 6) is -0.129. The Morgan fingerprint density at radius 3 is 2.81 bits per heavy atom. The van der Waals surface area contributed by atoms with Gasteiger partial charge in [0.05, 0.1) is 5.92 Å². The van der Waals surface area contributed by atoms with Gasteiger partial charge in [-0.25, -0.2) is 0 Å². The van der Waals surface area contributed by atoms with Crippen LogP contribution >= 0.6 is 12.4 Å². The van der Waals surface area contributed by atoms with E-state index in [2.05, 4.69) is 16.0 Å². The van der Waals surface area contributed by atoms with Crippen molar-refractivity contribution >= 4 is 29.9 Å². The predicted molar refractivity (Wildman–Crippen MR) is 85.4 cm³/mol. The topological polar surface area (TPSA) is 70.2 Å². The summed E-state index contributed by atoms with van der Waals surface area (Å²) in [7, 11) is 0. The molecule has 21 heavy (non-hydrogen) atoms. The quantitative estimate of drug-likeness (QED) is 0.775. The summed E-state index contributed by atoms with van der Waals surface area (Å²) >= 11 is 0. The fourth-order valence-electron chi connectivity index (χ4n) is 2.25. The van der Waals surface area contributed by atoms with Gasteiger partial charge in [-0.05, 0) is 24.6 Å². The van der Waals surface area contributed by atoms with Crippen LogP contribution in [0, 0.1) is 5.92 Å². The number of carbonyl (C=O) groups excluding carboxylic acids is 2. The second-order valence-corrected chi connectivity index (χ2v) is 4.97. The minimum absolute atomic E-state index is 0. The first-order valence-corrected chi connectivity index (χ1v) is 7.07. The molecule has 0 spiro atoms. The van der Waals surface area contributed by atoms with E-state index >= 15 is 0 Å². The number of rotatable bonds is 5. The molecule has 0 saturated carbocycles. The van der Waals surface area contributed by atoms with Gasteiger partial charge in [0.25, 0.3) is 0 Å². The van der Waals surface area contributed by atoms with E-state index in [1.54, 1.807) is 0 Å². The Labute approximate surface area is 131 Å². The van der Waals surface area contributed by atoms with E-state index in [9.17, 15) is 9.59 Å². The number of para-hydroxylation sites is 1. The van der Waals surface area contributed by atoms with E-state index in [1.807, 2.05) is 31.2 Å². The Morgan fingerprint density at radius 2 is 2.14 bits per heavy atom. The lowest BCUT2D eigenvalue weighted by molar-refractivity contribution is -0.126. The smallest absolute Gasteiger partial charge is 0.229 e. The van der Waals surface area contributed by atoms with Crippen LogP contribution in [0.5, 0.6) is 0 Å². The summed E-state index contributed by atoms with van der Waals surface area (Å²) in [4.78, 5) is 23.3. The molecule has 1 aromatic carbocycles. The van der Waals surface area contributed by atoms with Crippen molar-refractivity contribution in [1.82, 2.24) is 10.6 Å². The fourth-order valence-corrected chi connectivity index (χ4v) is 2.25. The Kier molecular flexibility index (Phi) is 7.19. The molecule has 1 aliphatic heterocycles. The van der Waals surface area contributed by atoms with Gasteiger partial charge in [0.1, 0.15) is 0 Å². The number of anilines is 1. The maximum absolute atomic E-state index is 12.2. The zero-order valence-corrected chi connectivity index (χ0v) is 13.0. The highest BCUT2D eigenvalue weighted by Crippen LogP contribution is 2.18. The van der Waals surface area contributed by atoms with Crippen LogP contribution in [0.1, 0.15) is 25.3 Å². The summed E-state index contributed by atoms with van der Waals surface area (Å²) < 4.78 is 0. The van der Waals surface area contributed by atoms with Crippen molar-refractivity contribution in [2.75, 3.05) is 18.4 Å². The highest BCUT2D eigenvalue weighted by molar-refractivity contribution is 5.94. The lowest BCUT2D eigenvalue weighted by Crippen LogP contribution is -2.40. The number of amides is 2. The van der Waals surface area contributed by atoms with Crippen molar-refractivity contribution in [1.29, 1.82) is 0 Å². The number of hydrogen-bond donors (Lipinski definition) is 3.